The van der Waals surface area contributed by atoms with Gasteiger partial charge in [0, 0.05) is 48.4 Å². The second kappa shape index (κ2) is 9.46. The van der Waals surface area contributed by atoms with Crippen molar-refractivity contribution in [1.29, 1.82) is 0 Å². The molecular formula is C24H21FIN3O5S. The first-order valence-corrected chi connectivity index (χ1v) is 13.2. The number of furan rings is 1. The SMILES string of the molecule is CCS(=O)(=O)Nc1cc2oc(-c3ccc(F)cc3)c(C(=O)NC)c2cc1-c1cc(I)c(=O)n(C)c1. The molecule has 2 aromatic carbocycles. The van der Waals surface area contributed by atoms with Gasteiger partial charge in [0.2, 0.25) is 10.0 Å². The van der Waals surface area contributed by atoms with Crippen molar-refractivity contribution in [2.24, 2.45) is 7.05 Å². The van der Waals surface area contributed by atoms with Crippen LogP contribution in [0.15, 0.2) is 57.9 Å². The fraction of sp³-hybridized carbons (Fsp3) is 0.167. The van der Waals surface area contributed by atoms with E-state index in [2.05, 4.69) is 10.0 Å². The first-order valence-electron chi connectivity index (χ1n) is 10.5. The summed E-state index contributed by atoms with van der Waals surface area (Å²) >= 11 is 1.92. The van der Waals surface area contributed by atoms with E-state index in [-0.39, 0.29) is 33.9 Å². The second-order valence-corrected chi connectivity index (χ2v) is 11.0. The fourth-order valence-electron chi connectivity index (χ4n) is 3.68. The molecule has 2 heterocycles. The number of benzene rings is 2. The van der Waals surface area contributed by atoms with E-state index < -0.39 is 21.7 Å². The Hall–Kier alpha value is -3.19. The summed E-state index contributed by atoms with van der Waals surface area (Å²) in [7, 11) is -0.583. The molecule has 2 N–H and O–H groups in total. The van der Waals surface area contributed by atoms with E-state index in [1.807, 2.05) is 22.6 Å². The van der Waals surface area contributed by atoms with E-state index in [4.69, 9.17) is 4.42 Å². The first kappa shape index (κ1) is 24.9. The first-order chi connectivity index (χ1) is 16.5. The lowest BCUT2D eigenvalue weighted by Crippen LogP contribution is -2.19. The van der Waals surface area contributed by atoms with E-state index in [9.17, 15) is 22.4 Å². The summed E-state index contributed by atoms with van der Waals surface area (Å²) in [5.74, 6) is -0.798. The molecule has 0 saturated heterocycles. The Balaban J connectivity index is 2.08. The number of halogens is 2. The van der Waals surface area contributed by atoms with Gasteiger partial charge in [0.25, 0.3) is 11.5 Å². The van der Waals surface area contributed by atoms with E-state index in [0.29, 0.717) is 25.6 Å². The Bertz CT molecular complexity index is 1600. The number of rotatable bonds is 6. The van der Waals surface area contributed by atoms with Gasteiger partial charge >= 0.3 is 0 Å². The molecule has 0 atom stereocenters. The van der Waals surface area contributed by atoms with Gasteiger partial charge in [-0.15, -0.1) is 0 Å². The Morgan fingerprint density at radius 2 is 1.83 bits per heavy atom. The monoisotopic (exact) mass is 609 g/mol. The average molecular weight is 609 g/mol. The van der Waals surface area contributed by atoms with Crippen LogP contribution in [-0.4, -0.2) is 31.7 Å². The van der Waals surface area contributed by atoms with Crippen LogP contribution >= 0.6 is 22.6 Å². The third kappa shape index (κ3) is 4.82. The number of nitrogens with zero attached hydrogens (tertiary/aromatic N) is 1. The van der Waals surface area contributed by atoms with Crippen LogP contribution in [0.4, 0.5) is 10.1 Å². The van der Waals surface area contributed by atoms with Crippen molar-refractivity contribution in [3.05, 3.63) is 74.0 Å². The molecule has 0 spiro atoms. The predicted octanol–water partition coefficient (Wildman–Crippen LogP) is 4.33. The van der Waals surface area contributed by atoms with Crippen molar-refractivity contribution in [1.82, 2.24) is 9.88 Å². The van der Waals surface area contributed by atoms with Crippen LogP contribution in [0.25, 0.3) is 33.4 Å². The number of nitrogens with one attached hydrogen (secondary N) is 2. The van der Waals surface area contributed by atoms with E-state index in [0.717, 1.165) is 0 Å². The second-order valence-electron chi connectivity index (χ2n) is 7.78. The van der Waals surface area contributed by atoms with E-state index in [1.165, 1.54) is 48.9 Å². The number of hydrogen-bond donors (Lipinski definition) is 2. The molecule has 0 aliphatic heterocycles. The molecular weight excluding hydrogens is 588 g/mol. The van der Waals surface area contributed by atoms with Crippen molar-refractivity contribution in [2.75, 3.05) is 17.5 Å². The largest absolute Gasteiger partial charge is 0.455 e. The molecule has 0 unspecified atom stereocenters. The molecule has 1 amide bonds. The Kier molecular flexibility index (Phi) is 6.73. The number of amides is 1. The number of fused-ring (bicyclic) bond motifs is 1. The van der Waals surface area contributed by atoms with Crippen LogP contribution in [0.1, 0.15) is 17.3 Å². The Labute approximate surface area is 214 Å². The molecule has 35 heavy (non-hydrogen) atoms. The highest BCUT2D eigenvalue weighted by Crippen LogP contribution is 2.40. The third-order valence-corrected chi connectivity index (χ3v) is 7.55. The normalized spacial score (nSPS) is 11.6. The number of hydrogen-bond acceptors (Lipinski definition) is 5. The maximum atomic E-state index is 13.5. The van der Waals surface area contributed by atoms with E-state index in [1.54, 1.807) is 25.4 Å². The molecule has 0 radical (unpaired) electrons. The highest BCUT2D eigenvalue weighted by atomic mass is 127. The zero-order valence-corrected chi connectivity index (χ0v) is 22.0. The quantitative estimate of drug-likeness (QED) is 0.317. The molecule has 8 nitrogen and oxygen atoms in total. The van der Waals surface area contributed by atoms with Gasteiger partial charge in [-0.3, -0.25) is 14.3 Å². The average Bonchev–Trinajstić information content (AvgIpc) is 3.19. The summed E-state index contributed by atoms with van der Waals surface area (Å²) in [6.07, 6.45) is 1.59. The van der Waals surface area contributed by atoms with Gasteiger partial charge in [-0.1, -0.05) is 0 Å². The zero-order chi connectivity index (χ0) is 25.5. The van der Waals surface area contributed by atoms with Crippen LogP contribution in [0, 0.1) is 9.39 Å². The number of anilines is 1. The topological polar surface area (TPSA) is 110 Å². The number of carbonyl (C=O) groups is 1. The molecule has 2 aromatic heterocycles. The number of aromatic nitrogens is 1. The fourth-order valence-corrected chi connectivity index (χ4v) is 5.04. The maximum absolute atomic E-state index is 13.5. The molecule has 0 fully saturated rings. The van der Waals surface area contributed by atoms with Gasteiger partial charge in [0.05, 0.1) is 20.6 Å². The summed E-state index contributed by atoms with van der Waals surface area (Å²) in [5, 5.41) is 3.03. The van der Waals surface area contributed by atoms with Crippen LogP contribution in [-0.2, 0) is 17.1 Å². The predicted molar refractivity (Wildman–Crippen MR) is 141 cm³/mol. The van der Waals surface area contributed by atoms with Crippen LogP contribution < -0.4 is 15.6 Å². The van der Waals surface area contributed by atoms with Crippen LogP contribution in [0.3, 0.4) is 0 Å². The van der Waals surface area contributed by atoms with Crippen LogP contribution in [0.2, 0.25) is 0 Å². The number of pyridine rings is 1. The lowest BCUT2D eigenvalue weighted by Gasteiger charge is -2.14. The highest BCUT2D eigenvalue weighted by molar-refractivity contribution is 14.1. The maximum Gasteiger partial charge on any atom is 0.263 e. The number of carbonyl (C=O) groups excluding carboxylic acids is 1. The summed E-state index contributed by atoms with van der Waals surface area (Å²) in [5.41, 5.74) is 2.03. The smallest absolute Gasteiger partial charge is 0.263 e. The number of sulfonamides is 1. The molecule has 0 saturated carbocycles. The summed E-state index contributed by atoms with van der Waals surface area (Å²) in [6, 6.07) is 10.3. The van der Waals surface area contributed by atoms with Crippen molar-refractivity contribution in [3.8, 4) is 22.5 Å². The van der Waals surface area contributed by atoms with Gasteiger partial charge < -0.3 is 14.3 Å². The van der Waals surface area contributed by atoms with E-state index >= 15 is 0 Å². The minimum Gasteiger partial charge on any atom is -0.455 e. The molecule has 182 valence electrons. The molecule has 4 aromatic rings. The lowest BCUT2D eigenvalue weighted by atomic mass is 9.99. The minimum absolute atomic E-state index is 0.155. The van der Waals surface area contributed by atoms with Crippen molar-refractivity contribution < 1.29 is 22.0 Å². The number of aryl methyl sites for hydroxylation is 1. The minimum atomic E-state index is -3.66. The van der Waals surface area contributed by atoms with Gasteiger partial charge in [0.1, 0.15) is 17.2 Å². The van der Waals surface area contributed by atoms with Crippen LogP contribution in [0.5, 0.6) is 0 Å². The Morgan fingerprint density at radius 1 is 1.14 bits per heavy atom. The lowest BCUT2D eigenvalue weighted by molar-refractivity contribution is 0.0964. The standard InChI is InChI=1S/C24H21FIN3O5S/c1-4-35(32,33)28-19-11-20-17(10-16(19)14-9-18(26)24(31)29(3)12-14)21(23(30)27-2)22(34-20)13-5-7-15(25)8-6-13/h5-12,28H,4H2,1-3H3,(H,27,30). The molecule has 0 aliphatic carbocycles. The summed E-state index contributed by atoms with van der Waals surface area (Å²) in [4.78, 5) is 25.1. The summed E-state index contributed by atoms with van der Waals surface area (Å²) in [6.45, 7) is 1.51. The van der Waals surface area contributed by atoms with Gasteiger partial charge in [-0.2, -0.15) is 0 Å². The van der Waals surface area contributed by atoms with Gasteiger partial charge in [0.15, 0.2) is 0 Å². The van der Waals surface area contributed by atoms with Crippen molar-refractivity contribution in [2.45, 2.75) is 6.92 Å². The van der Waals surface area contributed by atoms with Crippen molar-refractivity contribution >= 4 is 55.2 Å². The Morgan fingerprint density at radius 3 is 2.43 bits per heavy atom. The highest BCUT2D eigenvalue weighted by Gasteiger charge is 2.24. The third-order valence-electron chi connectivity index (χ3n) is 5.48. The molecule has 4 rings (SSSR count). The van der Waals surface area contributed by atoms with Crippen molar-refractivity contribution in [3.63, 3.8) is 0 Å². The zero-order valence-electron chi connectivity index (χ0n) is 19.0. The molecule has 0 aliphatic rings. The summed E-state index contributed by atoms with van der Waals surface area (Å²) < 4.78 is 48.9. The molecule has 11 heteroatoms. The molecule has 0 bridgehead atoms. The van der Waals surface area contributed by atoms with Gasteiger partial charge in [-0.05, 0) is 65.9 Å². The van der Waals surface area contributed by atoms with Gasteiger partial charge in [-0.25, -0.2) is 12.8 Å².